The van der Waals surface area contributed by atoms with Crippen molar-refractivity contribution in [3.8, 4) is 11.3 Å². The molecular weight excluding hydrogens is 383 g/mol. The van der Waals surface area contributed by atoms with E-state index in [1.807, 2.05) is 0 Å². The molecule has 1 aromatic heterocycles. The van der Waals surface area contributed by atoms with E-state index in [4.69, 9.17) is 17.3 Å². The number of amides is 2. The van der Waals surface area contributed by atoms with Crippen LogP contribution in [0, 0.1) is 12.7 Å². The van der Waals surface area contributed by atoms with Crippen molar-refractivity contribution in [1.82, 2.24) is 15.5 Å². The Morgan fingerprint density at radius 3 is 2.75 bits per heavy atom. The topological polar surface area (TPSA) is 101 Å². The van der Waals surface area contributed by atoms with E-state index in [1.165, 1.54) is 6.20 Å². The molecule has 1 heterocycles. The number of nitrogens with one attached hydrogen (secondary N) is 2. The summed E-state index contributed by atoms with van der Waals surface area (Å²) in [4.78, 5) is 24.3. The number of primary amides is 1. The third kappa shape index (κ3) is 4.20. The maximum Gasteiger partial charge on any atom is 0.255 e. The van der Waals surface area contributed by atoms with Crippen LogP contribution in [0.2, 0.25) is 5.02 Å². The first-order valence-electron chi connectivity index (χ1n) is 8.50. The number of rotatable bonds is 6. The molecule has 6 nitrogen and oxygen atoms in total. The van der Waals surface area contributed by atoms with E-state index >= 15 is 0 Å². The summed E-state index contributed by atoms with van der Waals surface area (Å²) in [5.74, 6) is -1.55. The van der Waals surface area contributed by atoms with Gasteiger partial charge in [-0.3, -0.25) is 14.7 Å². The minimum absolute atomic E-state index is 0.113. The summed E-state index contributed by atoms with van der Waals surface area (Å²) < 4.78 is 14.5. The van der Waals surface area contributed by atoms with Crippen molar-refractivity contribution >= 4 is 23.4 Å². The summed E-state index contributed by atoms with van der Waals surface area (Å²) in [6, 6.07) is 11.0. The molecule has 3 aromatic rings. The molecule has 3 rings (SSSR count). The highest BCUT2D eigenvalue weighted by molar-refractivity contribution is 6.30. The Morgan fingerprint density at radius 2 is 2.04 bits per heavy atom. The van der Waals surface area contributed by atoms with Crippen LogP contribution < -0.4 is 11.1 Å². The van der Waals surface area contributed by atoms with E-state index in [-0.39, 0.29) is 23.2 Å². The second kappa shape index (κ2) is 8.22. The van der Waals surface area contributed by atoms with Gasteiger partial charge in [0.05, 0.1) is 18.0 Å². The standard InChI is InChI=1S/C20H18ClFN4O2/c1-11-4-2-7-14(18(11)22)19-15(10-24-26-19)20(28)25-16(9-17(23)27)12-5-3-6-13(21)8-12/h2-8,10,16H,9H2,1H3,(H2,23,27)(H,24,26)(H,25,28)/t16-/m0/s1. The van der Waals surface area contributed by atoms with Crippen LogP contribution in [-0.4, -0.2) is 22.0 Å². The van der Waals surface area contributed by atoms with Crippen molar-refractivity contribution in [1.29, 1.82) is 0 Å². The molecule has 0 bridgehead atoms. The molecule has 4 N–H and O–H groups in total. The van der Waals surface area contributed by atoms with Crippen molar-refractivity contribution in [3.05, 3.63) is 76.2 Å². The van der Waals surface area contributed by atoms with E-state index in [1.54, 1.807) is 49.4 Å². The highest BCUT2D eigenvalue weighted by atomic mass is 35.5. The molecule has 144 valence electrons. The smallest absolute Gasteiger partial charge is 0.255 e. The molecule has 28 heavy (non-hydrogen) atoms. The van der Waals surface area contributed by atoms with Gasteiger partial charge in [-0.15, -0.1) is 0 Å². The number of benzene rings is 2. The lowest BCUT2D eigenvalue weighted by molar-refractivity contribution is -0.118. The van der Waals surface area contributed by atoms with Gasteiger partial charge >= 0.3 is 0 Å². The highest BCUT2D eigenvalue weighted by Gasteiger charge is 2.23. The first-order chi connectivity index (χ1) is 13.4. The van der Waals surface area contributed by atoms with Gasteiger partial charge in [0.2, 0.25) is 5.91 Å². The zero-order valence-electron chi connectivity index (χ0n) is 15.0. The van der Waals surface area contributed by atoms with Gasteiger partial charge in [0.25, 0.3) is 5.91 Å². The number of nitrogens with zero attached hydrogens (tertiary/aromatic N) is 1. The van der Waals surface area contributed by atoms with Crippen LogP contribution in [0.3, 0.4) is 0 Å². The number of halogens is 2. The number of aryl methyl sites for hydroxylation is 1. The molecule has 8 heteroatoms. The quantitative estimate of drug-likeness (QED) is 0.590. The molecule has 1 atom stereocenters. The summed E-state index contributed by atoms with van der Waals surface area (Å²) in [5.41, 5.74) is 6.95. The molecule has 0 unspecified atom stereocenters. The first-order valence-corrected chi connectivity index (χ1v) is 8.88. The first kappa shape index (κ1) is 19.6. The second-order valence-electron chi connectivity index (χ2n) is 6.34. The zero-order valence-corrected chi connectivity index (χ0v) is 15.8. The lowest BCUT2D eigenvalue weighted by Crippen LogP contribution is -2.32. The number of carbonyl (C=O) groups is 2. The molecule has 0 aliphatic carbocycles. The number of aromatic amines is 1. The number of nitrogens with two attached hydrogens (primary N) is 1. The fourth-order valence-electron chi connectivity index (χ4n) is 2.91. The highest BCUT2D eigenvalue weighted by Crippen LogP contribution is 2.27. The third-order valence-corrected chi connectivity index (χ3v) is 4.53. The van der Waals surface area contributed by atoms with Crippen LogP contribution in [0.25, 0.3) is 11.3 Å². The predicted molar refractivity (Wildman–Crippen MR) is 104 cm³/mol. The Kier molecular flexibility index (Phi) is 5.75. The molecule has 0 fully saturated rings. The Labute approximate surface area is 165 Å². The fraction of sp³-hybridized carbons (Fsp3) is 0.150. The summed E-state index contributed by atoms with van der Waals surface area (Å²) in [7, 11) is 0. The van der Waals surface area contributed by atoms with Crippen LogP contribution in [0.5, 0.6) is 0 Å². The van der Waals surface area contributed by atoms with Crippen molar-refractivity contribution in [2.75, 3.05) is 0 Å². The predicted octanol–water partition coefficient (Wildman–Crippen LogP) is 3.52. The SMILES string of the molecule is Cc1cccc(-c2n[nH]cc2C(=O)N[C@@H](CC(N)=O)c2cccc(Cl)c2)c1F. The van der Waals surface area contributed by atoms with Gasteiger partial charge in [-0.05, 0) is 36.2 Å². The van der Waals surface area contributed by atoms with Crippen LogP contribution in [0.1, 0.15) is 33.9 Å². The number of hydrogen-bond acceptors (Lipinski definition) is 3. The minimum Gasteiger partial charge on any atom is -0.370 e. The van der Waals surface area contributed by atoms with Gasteiger partial charge in [-0.25, -0.2) is 4.39 Å². The van der Waals surface area contributed by atoms with Crippen molar-refractivity contribution < 1.29 is 14.0 Å². The van der Waals surface area contributed by atoms with Gasteiger partial charge in [-0.1, -0.05) is 35.9 Å². The molecule has 0 spiro atoms. The molecule has 0 aliphatic rings. The number of carbonyl (C=O) groups excluding carboxylic acids is 2. The van der Waals surface area contributed by atoms with Gasteiger partial charge < -0.3 is 11.1 Å². The van der Waals surface area contributed by atoms with Crippen LogP contribution >= 0.6 is 11.6 Å². The second-order valence-corrected chi connectivity index (χ2v) is 6.77. The molecular formula is C20H18ClFN4O2. The summed E-state index contributed by atoms with van der Waals surface area (Å²) >= 11 is 6.01. The average molecular weight is 401 g/mol. The number of H-pyrrole nitrogens is 1. The number of aromatic nitrogens is 2. The summed E-state index contributed by atoms with van der Waals surface area (Å²) in [6.07, 6.45) is 1.27. The van der Waals surface area contributed by atoms with E-state index < -0.39 is 23.7 Å². The van der Waals surface area contributed by atoms with Gasteiger partial charge in [0.1, 0.15) is 11.5 Å². The molecule has 0 aliphatic heterocycles. The molecule has 2 amide bonds. The van der Waals surface area contributed by atoms with Crippen molar-refractivity contribution in [2.45, 2.75) is 19.4 Å². The van der Waals surface area contributed by atoms with Crippen LogP contribution in [0.15, 0.2) is 48.7 Å². The largest absolute Gasteiger partial charge is 0.370 e. The lowest BCUT2D eigenvalue weighted by atomic mass is 10.0. The zero-order chi connectivity index (χ0) is 20.3. The summed E-state index contributed by atoms with van der Waals surface area (Å²) in [5, 5.41) is 9.85. The Morgan fingerprint density at radius 1 is 1.29 bits per heavy atom. The average Bonchev–Trinajstić information content (AvgIpc) is 3.12. The van der Waals surface area contributed by atoms with E-state index in [0.29, 0.717) is 16.1 Å². The molecule has 0 saturated heterocycles. The van der Waals surface area contributed by atoms with Crippen molar-refractivity contribution in [2.24, 2.45) is 5.73 Å². The third-order valence-electron chi connectivity index (χ3n) is 4.29. The molecule has 0 radical (unpaired) electrons. The summed E-state index contributed by atoms with van der Waals surface area (Å²) in [6.45, 7) is 1.63. The maximum absolute atomic E-state index is 14.5. The van der Waals surface area contributed by atoms with Gasteiger partial charge in [0.15, 0.2) is 0 Å². The number of hydrogen-bond donors (Lipinski definition) is 3. The van der Waals surface area contributed by atoms with Crippen LogP contribution in [0.4, 0.5) is 4.39 Å². The van der Waals surface area contributed by atoms with E-state index in [2.05, 4.69) is 15.5 Å². The lowest BCUT2D eigenvalue weighted by Gasteiger charge is -2.18. The minimum atomic E-state index is -0.686. The fourth-order valence-corrected chi connectivity index (χ4v) is 3.11. The van der Waals surface area contributed by atoms with E-state index in [0.717, 1.165) is 0 Å². The molecule has 0 saturated carbocycles. The normalized spacial score (nSPS) is 11.8. The van der Waals surface area contributed by atoms with E-state index in [9.17, 15) is 14.0 Å². The monoisotopic (exact) mass is 400 g/mol. The van der Waals surface area contributed by atoms with Crippen molar-refractivity contribution in [3.63, 3.8) is 0 Å². The van der Waals surface area contributed by atoms with Gasteiger partial charge in [-0.2, -0.15) is 5.10 Å². The Balaban J connectivity index is 1.92. The van der Waals surface area contributed by atoms with Crippen LogP contribution in [-0.2, 0) is 4.79 Å². The Hall–Kier alpha value is -3.19. The Bertz CT molecular complexity index is 1030. The maximum atomic E-state index is 14.5. The van der Waals surface area contributed by atoms with Gasteiger partial charge in [0, 0.05) is 16.8 Å². The molecule has 2 aromatic carbocycles.